The molecule has 2 fully saturated rings. The van der Waals surface area contributed by atoms with Gasteiger partial charge < -0.3 is 14.7 Å². The molecule has 6 aliphatic rings. The lowest BCUT2D eigenvalue weighted by Crippen LogP contribution is -2.64. The first-order valence-electron chi connectivity index (χ1n) is 31.6. The quantitative estimate of drug-likeness (QED) is 0.163. The molecule has 0 saturated heterocycles. The van der Waals surface area contributed by atoms with Gasteiger partial charge in [0.2, 0.25) is 0 Å². The molecule has 8 aromatic rings. The Labute approximate surface area is 482 Å². The molecule has 4 atom stereocenters. The summed E-state index contributed by atoms with van der Waals surface area (Å²) in [6.07, 6.45) is 8.56. The maximum absolute atomic E-state index is 10.4. The summed E-state index contributed by atoms with van der Waals surface area (Å²) in [5.41, 5.74) is 19.8. The van der Waals surface area contributed by atoms with Crippen molar-refractivity contribution in [2.24, 2.45) is 0 Å². The van der Waals surface area contributed by atoms with E-state index in [2.05, 4.69) is 229 Å². The first-order valence-corrected chi connectivity index (χ1v) is 30.9. The number of thiophene rings is 1. The van der Waals surface area contributed by atoms with E-state index < -0.39 is 16.4 Å². The molecule has 404 valence electrons. The molecule has 0 bridgehead atoms. The van der Waals surface area contributed by atoms with Gasteiger partial charge in [0, 0.05) is 65.3 Å². The number of hydrogen-bond donors (Lipinski definition) is 0. The van der Waals surface area contributed by atoms with E-state index in [1.54, 1.807) is 0 Å². The van der Waals surface area contributed by atoms with Crippen LogP contribution in [0.5, 0.6) is 0 Å². The smallest absolute Gasteiger partial charge is 0.252 e. The molecule has 0 spiro atoms. The molecular formula is C74H84BN3S. The van der Waals surface area contributed by atoms with Crippen LogP contribution < -0.4 is 31.1 Å². The van der Waals surface area contributed by atoms with Crippen LogP contribution in [0.25, 0.3) is 31.3 Å². The van der Waals surface area contributed by atoms with E-state index in [9.17, 15) is 4.11 Å². The largest absolute Gasteiger partial charge is 0.335 e. The third-order valence-electron chi connectivity index (χ3n) is 21.4. The Balaban J connectivity index is 1.18. The Bertz CT molecular complexity index is 4070. The van der Waals surface area contributed by atoms with Crippen molar-refractivity contribution >= 4 is 94.4 Å². The average molecular weight is 1060 g/mol. The number of benzene rings is 7. The third kappa shape index (κ3) is 7.02. The van der Waals surface area contributed by atoms with Crippen LogP contribution in [0, 0.1) is 0 Å². The fourth-order valence-corrected chi connectivity index (χ4v) is 17.3. The minimum absolute atomic E-state index is 0.00208. The van der Waals surface area contributed by atoms with Crippen molar-refractivity contribution < 1.29 is 4.11 Å². The van der Waals surface area contributed by atoms with Crippen LogP contribution >= 0.6 is 11.3 Å². The zero-order valence-electron chi connectivity index (χ0n) is 53.3. The summed E-state index contributed by atoms with van der Waals surface area (Å²) in [4.78, 5) is 8.11. The van der Waals surface area contributed by atoms with Crippen LogP contribution in [0.4, 0.5) is 39.8 Å². The predicted octanol–water partition coefficient (Wildman–Crippen LogP) is 19.0. The van der Waals surface area contributed by atoms with Gasteiger partial charge in [0.15, 0.2) is 0 Å². The Morgan fingerprint density at radius 1 is 0.481 bits per heavy atom. The summed E-state index contributed by atoms with van der Waals surface area (Å²) in [6.45, 7) is 37.6. The van der Waals surface area contributed by atoms with Gasteiger partial charge in [0.1, 0.15) is 0 Å². The normalized spacial score (nSPS) is 24.7. The Morgan fingerprint density at radius 2 is 1.08 bits per heavy atom. The topological polar surface area (TPSA) is 9.72 Å². The van der Waals surface area contributed by atoms with Gasteiger partial charge in [-0.2, -0.15) is 0 Å². The summed E-state index contributed by atoms with van der Waals surface area (Å²) in [5, 5.41) is 2.66. The van der Waals surface area contributed by atoms with Gasteiger partial charge in [-0.15, -0.1) is 11.3 Å². The molecule has 4 aliphatic heterocycles. The van der Waals surface area contributed by atoms with Crippen molar-refractivity contribution in [2.45, 2.75) is 206 Å². The molecule has 0 N–H and O–H groups in total. The second-order valence-corrected chi connectivity index (χ2v) is 31.3. The van der Waals surface area contributed by atoms with Gasteiger partial charge >= 0.3 is 0 Å². The van der Waals surface area contributed by atoms with Crippen molar-refractivity contribution in [3.05, 3.63) is 155 Å². The van der Waals surface area contributed by atoms with Gasteiger partial charge in [0.05, 0.1) is 20.9 Å². The number of fused-ring (bicyclic) bond motifs is 13. The van der Waals surface area contributed by atoms with E-state index in [0.29, 0.717) is 11.6 Å². The monoisotopic (exact) mass is 1060 g/mol. The van der Waals surface area contributed by atoms with Crippen LogP contribution in [0.15, 0.2) is 121 Å². The highest BCUT2D eigenvalue weighted by Gasteiger charge is 2.63. The molecule has 79 heavy (non-hydrogen) atoms. The molecule has 1 aromatic heterocycles. The molecule has 4 unspecified atom stereocenters. The molecule has 2 saturated carbocycles. The summed E-state index contributed by atoms with van der Waals surface area (Å²) in [7, 11) is 0. The average Bonchev–Trinajstić information content (AvgIpc) is 1.49. The summed E-state index contributed by atoms with van der Waals surface area (Å²) in [6, 6.07) is 42.1. The molecule has 14 rings (SSSR count). The van der Waals surface area contributed by atoms with Crippen molar-refractivity contribution in [3.63, 3.8) is 0 Å². The second kappa shape index (κ2) is 16.5. The van der Waals surface area contributed by atoms with Crippen LogP contribution in [-0.2, 0) is 32.5 Å². The molecular weight excluding hydrogens is 974 g/mol. The number of anilines is 7. The molecule has 0 amide bonds. The van der Waals surface area contributed by atoms with E-state index >= 15 is 0 Å². The van der Waals surface area contributed by atoms with Gasteiger partial charge in [-0.3, -0.25) is 0 Å². The molecule has 0 radical (unpaired) electrons. The van der Waals surface area contributed by atoms with Gasteiger partial charge in [-0.05, 0) is 170 Å². The van der Waals surface area contributed by atoms with Crippen molar-refractivity contribution in [2.75, 3.05) is 14.7 Å². The fourth-order valence-electron chi connectivity index (χ4n) is 16.2. The molecule has 7 aromatic carbocycles. The first kappa shape index (κ1) is 48.0. The maximum Gasteiger partial charge on any atom is 0.252 e. The van der Waals surface area contributed by atoms with E-state index in [1.165, 1.54) is 106 Å². The van der Waals surface area contributed by atoms with E-state index in [-0.39, 0.29) is 46.0 Å². The lowest BCUT2D eigenvalue weighted by Gasteiger charge is -2.54. The highest BCUT2D eigenvalue weighted by atomic mass is 32.1. The minimum Gasteiger partial charge on any atom is -0.335 e. The van der Waals surface area contributed by atoms with Crippen LogP contribution in [0.1, 0.15) is 200 Å². The molecule has 2 aliphatic carbocycles. The summed E-state index contributed by atoms with van der Waals surface area (Å²) < 4.78 is 33.2. The van der Waals surface area contributed by atoms with Gasteiger partial charge in [-0.25, -0.2) is 0 Å². The van der Waals surface area contributed by atoms with Crippen molar-refractivity contribution in [3.8, 4) is 11.1 Å². The van der Waals surface area contributed by atoms with E-state index in [4.69, 9.17) is 0 Å². The number of nitrogens with zero attached hydrogens (tertiary/aromatic N) is 3. The second-order valence-electron chi connectivity index (χ2n) is 30.2. The van der Waals surface area contributed by atoms with Gasteiger partial charge in [-0.1, -0.05) is 195 Å². The SMILES string of the molecule is [2H]c1c([2H])c(C(C)(C)C)c([2H])c2c1N(c1cc3c4c(c1)N1c5c(cc(C(C)(C)C)cc5C5(C)CCCCC15C)B4c1cc4c(cc1N3c1ccc(C(C)(C)C)cc1-c1ccccc1)sc1ccc(C(C)(C)C)cc14)C1(C)CCCCC21C. The van der Waals surface area contributed by atoms with Gasteiger partial charge in [0.25, 0.3) is 6.71 Å². The Kier molecular flexibility index (Phi) is 9.99. The first-order chi connectivity index (χ1) is 38.4. The Morgan fingerprint density at radius 3 is 1.75 bits per heavy atom. The highest BCUT2D eigenvalue weighted by Crippen LogP contribution is 2.65. The standard InChI is InChI=1S/C74H84BN3S/c1-67(2,3)46-26-29-58(51(36-46)45-24-18-17-19-25-45)76-60-44-64-53(52-37-47(68(4,5)6)28-31-63(52)79-64)43-56(60)75-57-40-49(70(10,11)12)39-55-66(57)78(74(16)35-23-21-33-72(55,74)14)62-42-50(41-61(76)65(62)75)77-59-30-27-48(69(7,8)9)38-54(59)71(13)32-20-22-34-73(71,77)15/h17-19,24-31,36-44H,20-23,32-35H2,1-16H3/i27D,30D,38D. The van der Waals surface area contributed by atoms with Crippen molar-refractivity contribution in [1.29, 1.82) is 0 Å². The molecule has 3 nitrogen and oxygen atoms in total. The van der Waals surface area contributed by atoms with Crippen LogP contribution in [-0.4, -0.2) is 17.8 Å². The molecule has 5 heterocycles. The Hall–Kier alpha value is -5.78. The number of rotatable bonds is 3. The summed E-state index contributed by atoms with van der Waals surface area (Å²) >= 11 is 1.92. The molecule has 5 heteroatoms. The van der Waals surface area contributed by atoms with Crippen molar-refractivity contribution in [1.82, 2.24) is 0 Å². The van der Waals surface area contributed by atoms with E-state index in [1.807, 2.05) is 11.3 Å². The predicted molar refractivity (Wildman–Crippen MR) is 345 cm³/mol. The number of hydrogen-bond acceptors (Lipinski definition) is 4. The maximum atomic E-state index is 10.4. The zero-order chi connectivity index (χ0) is 58.1. The third-order valence-corrected chi connectivity index (χ3v) is 22.5. The minimum atomic E-state index is -0.480. The fraction of sp³-hybridized carbons (Fsp3) is 0.432. The zero-order valence-corrected chi connectivity index (χ0v) is 51.1. The highest BCUT2D eigenvalue weighted by molar-refractivity contribution is 7.26. The summed E-state index contributed by atoms with van der Waals surface area (Å²) in [5.74, 6) is 0. The van der Waals surface area contributed by atoms with Crippen LogP contribution in [0.3, 0.4) is 0 Å². The lowest BCUT2D eigenvalue weighted by atomic mass is 9.33. The van der Waals surface area contributed by atoms with E-state index in [0.717, 1.165) is 61.2 Å². The van der Waals surface area contributed by atoms with Crippen LogP contribution in [0.2, 0.25) is 0 Å². The lowest BCUT2D eigenvalue weighted by molar-refractivity contribution is 0.194.